The number of amides is 1. The molecule has 80 valence electrons. The van der Waals surface area contributed by atoms with Gasteiger partial charge in [0.25, 0.3) is 0 Å². The number of carbonyl (C=O) groups is 1. The van der Waals surface area contributed by atoms with Crippen LogP contribution in [0.15, 0.2) is 0 Å². The molecule has 0 aromatic heterocycles. The third-order valence-electron chi connectivity index (χ3n) is 3.19. The SMILES string of the molecule is CN(C(=O)C1COCCN1)C1CCC1. The van der Waals surface area contributed by atoms with E-state index in [1.54, 1.807) is 0 Å². The van der Waals surface area contributed by atoms with Crippen molar-refractivity contribution in [3.8, 4) is 0 Å². The molecule has 1 aliphatic heterocycles. The molecule has 1 N–H and O–H groups in total. The number of hydrogen-bond acceptors (Lipinski definition) is 3. The molecule has 14 heavy (non-hydrogen) atoms. The van der Waals surface area contributed by atoms with Crippen LogP contribution in [0.4, 0.5) is 0 Å². The fraction of sp³-hybridized carbons (Fsp3) is 0.900. The molecule has 0 spiro atoms. The Kier molecular flexibility index (Phi) is 3.03. The van der Waals surface area contributed by atoms with Gasteiger partial charge in [0.2, 0.25) is 5.91 Å². The second-order valence-corrected chi connectivity index (χ2v) is 4.12. The molecule has 1 atom stereocenters. The van der Waals surface area contributed by atoms with E-state index in [-0.39, 0.29) is 11.9 Å². The molecule has 2 aliphatic rings. The van der Waals surface area contributed by atoms with Crippen LogP contribution in [0.5, 0.6) is 0 Å². The fourth-order valence-corrected chi connectivity index (χ4v) is 1.92. The molecule has 0 aromatic rings. The summed E-state index contributed by atoms with van der Waals surface area (Å²) >= 11 is 0. The lowest BCUT2D eigenvalue weighted by Gasteiger charge is -2.37. The van der Waals surface area contributed by atoms with Crippen LogP contribution >= 0.6 is 0 Å². The highest BCUT2D eigenvalue weighted by atomic mass is 16.5. The molecule has 1 unspecified atom stereocenters. The third-order valence-corrected chi connectivity index (χ3v) is 3.19. The lowest BCUT2D eigenvalue weighted by atomic mass is 9.91. The predicted octanol–water partition coefficient (Wildman–Crippen LogP) is -0.0143. The van der Waals surface area contributed by atoms with E-state index >= 15 is 0 Å². The number of nitrogens with one attached hydrogen (secondary N) is 1. The van der Waals surface area contributed by atoms with Gasteiger partial charge in [-0.1, -0.05) is 0 Å². The van der Waals surface area contributed by atoms with Crippen molar-refractivity contribution in [2.75, 3.05) is 26.8 Å². The van der Waals surface area contributed by atoms with Crippen LogP contribution in [0.3, 0.4) is 0 Å². The Morgan fingerprint density at radius 3 is 2.79 bits per heavy atom. The molecule has 1 saturated carbocycles. The molecule has 4 heteroatoms. The second-order valence-electron chi connectivity index (χ2n) is 4.12. The summed E-state index contributed by atoms with van der Waals surface area (Å²) in [5.41, 5.74) is 0. The van der Waals surface area contributed by atoms with E-state index in [0.29, 0.717) is 12.6 Å². The topological polar surface area (TPSA) is 41.6 Å². The number of carbonyl (C=O) groups excluding carboxylic acids is 1. The van der Waals surface area contributed by atoms with Crippen LogP contribution in [-0.2, 0) is 9.53 Å². The van der Waals surface area contributed by atoms with Crippen molar-refractivity contribution >= 4 is 5.91 Å². The average Bonchev–Trinajstić information content (AvgIpc) is 2.15. The molecule has 0 aromatic carbocycles. The lowest BCUT2D eigenvalue weighted by Crippen LogP contribution is -2.54. The number of hydrogen-bond donors (Lipinski definition) is 1. The number of ether oxygens (including phenoxy) is 1. The summed E-state index contributed by atoms with van der Waals surface area (Å²) in [4.78, 5) is 13.8. The normalized spacial score (nSPS) is 28.2. The number of morpholine rings is 1. The average molecular weight is 198 g/mol. The van der Waals surface area contributed by atoms with E-state index < -0.39 is 0 Å². The predicted molar refractivity (Wildman–Crippen MR) is 53.0 cm³/mol. The Hall–Kier alpha value is -0.610. The van der Waals surface area contributed by atoms with Crippen LogP contribution in [0.2, 0.25) is 0 Å². The summed E-state index contributed by atoms with van der Waals surface area (Å²) in [6.07, 6.45) is 3.59. The van der Waals surface area contributed by atoms with Gasteiger partial charge in [0.05, 0.1) is 13.2 Å². The molecule has 1 amide bonds. The standard InChI is InChI=1S/C10H18N2O2/c1-12(8-3-2-4-8)10(13)9-7-14-6-5-11-9/h8-9,11H,2-7H2,1H3. The first kappa shape index (κ1) is 9.93. The quantitative estimate of drug-likeness (QED) is 0.678. The molecule has 2 fully saturated rings. The Labute approximate surface area is 84.6 Å². The van der Waals surface area contributed by atoms with Gasteiger partial charge in [-0.2, -0.15) is 0 Å². The Balaban J connectivity index is 1.85. The van der Waals surface area contributed by atoms with Gasteiger partial charge in [0.1, 0.15) is 6.04 Å². The number of likely N-dealkylation sites (N-methyl/N-ethyl adjacent to an activating group) is 1. The summed E-state index contributed by atoms with van der Waals surface area (Å²) in [7, 11) is 1.91. The molecule has 2 rings (SSSR count). The molecular weight excluding hydrogens is 180 g/mol. The van der Waals surface area contributed by atoms with Crippen LogP contribution in [-0.4, -0.2) is 49.7 Å². The minimum absolute atomic E-state index is 0.116. The Bertz CT molecular complexity index is 206. The molecule has 1 aliphatic carbocycles. The van der Waals surface area contributed by atoms with Crippen LogP contribution in [0, 0.1) is 0 Å². The summed E-state index contributed by atoms with van der Waals surface area (Å²) in [5.74, 6) is 0.189. The van der Waals surface area contributed by atoms with E-state index in [0.717, 1.165) is 26.0 Å². The van der Waals surface area contributed by atoms with Gasteiger partial charge in [-0.15, -0.1) is 0 Å². The van der Waals surface area contributed by atoms with Crippen LogP contribution < -0.4 is 5.32 Å². The summed E-state index contributed by atoms with van der Waals surface area (Å²) in [6, 6.07) is 0.362. The first-order chi connectivity index (χ1) is 6.79. The van der Waals surface area contributed by atoms with E-state index in [9.17, 15) is 4.79 Å². The second kappa shape index (κ2) is 4.28. The maximum absolute atomic E-state index is 11.9. The summed E-state index contributed by atoms with van der Waals surface area (Å²) in [6.45, 7) is 2.03. The summed E-state index contributed by atoms with van der Waals surface area (Å²) in [5, 5.41) is 3.19. The van der Waals surface area contributed by atoms with Crippen molar-refractivity contribution in [1.82, 2.24) is 10.2 Å². The van der Waals surface area contributed by atoms with Crippen molar-refractivity contribution < 1.29 is 9.53 Å². The van der Waals surface area contributed by atoms with Crippen LogP contribution in [0.25, 0.3) is 0 Å². The van der Waals surface area contributed by atoms with E-state index in [4.69, 9.17) is 4.74 Å². The monoisotopic (exact) mass is 198 g/mol. The van der Waals surface area contributed by atoms with Gasteiger partial charge < -0.3 is 15.0 Å². The van der Waals surface area contributed by atoms with E-state index in [1.807, 2.05) is 11.9 Å². The van der Waals surface area contributed by atoms with Crippen molar-refractivity contribution in [2.45, 2.75) is 31.3 Å². The van der Waals surface area contributed by atoms with Gasteiger partial charge in [0.15, 0.2) is 0 Å². The van der Waals surface area contributed by atoms with Crippen molar-refractivity contribution in [3.05, 3.63) is 0 Å². The first-order valence-electron chi connectivity index (χ1n) is 5.37. The van der Waals surface area contributed by atoms with Crippen molar-refractivity contribution in [2.24, 2.45) is 0 Å². The van der Waals surface area contributed by atoms with Crippen molar-refractivity contribution in [3.63, 3.8) is 0 Å². The molecule has 0 radical (unpaired) electrons. The lowest BCUT2D eigenvalue weighted by molar-refractivity contribution is -0.138. The molecule has 4 nitrogen and oxygen atoms in total. The highest BCUT2D eigenvalue weighted by Crippen LogP contribution is 2.24. The molecule has 1 heterocycles. The zero-order valence-corrected chi connectivity index (χ0v) is 8.66. The minimum Gasteiger partial charge on any atom is -0.378 e. The van der Waals surface area contributed by atoms with Gasteiger partial charge in [-0.25, -0.2) is 0 Å². The third kappa shape index (κ3) is 1.91. The fourth-order valence-electron chi connectivity index (χ4n) is 1.92. The molecule has 0 bridgehead atoms. The van der Waals surface area contributed by atoms with Gasteiger partial charge in [0, 0.05) is 19.6 Å². The van der Waals surface area contributed by atoms with Gasteiger partial charge in [-0.05, 0) is 19.3 Å². The van der Waals surface area contributed by atoms with Gasteiger partial charge >= 0.3 is 0 Å². The smallest absolute Gasteiger partial charge is 0.242 e. The minimum atomic E-state index is -0.116. The van der Waals surface area contributed by atoms with Crippen LogP contribution in [0.1, 0.15) is 19.3 Å². The largest absolute Gasteiger partial charge is 0.378 e. The maximum atomic E-state index is 11.9. The zero-order valence-electron chi connectivity index (χ0n) is 8.66. The highest BCUT2D eigenvalue weighted by Gasteiger charge is 2.30. The Morgan fingerprint density at radius 1 is 1.50 bits per heavy atom. The molecule has 1 saturated heterocycles. The van der Waals surface area contributed by atoms with E-state index in [2.05, 4.69) is 5.32 Å². The first-order valence-corrected chi connectivity index (χ1v) is 5.37. The van der Waals surface area contributed by atoms with E-state index in [1.165, 1.54) is 6.42 Å². The maximum Gasteiger partial charge on any atom is 0.242 e. The van der Waals surface area contributed by atoms with Gasteiger partial charge in [-0.3, -0.25) is 4.79 Å². The zero-order chi connectivity index (χ0) is 9.97. The Morgan fingerprint density at radius 2 is 2.29 bits per heavy atom. The number of nitrogens with zero attached hydrogens (tertiary/aromatic N) is 1. The highest BCUT2D eigenvalue weighted by molar-refractivity contribution is 5.82. The summed E-state index contributed by atoms with van der Waals surface area (Å²) < 4.78 is 5.27. The number of rotatable bonds is 2. The van der Waals surface area contributed by atoms with Crippen molar-refractivity contribution in [1.29, 1.82) is 0 Å². The molecular formula is C10H18N2O2.